The number of anilines is 3. The van der Waals surface area contributed by atoms with Gasteiger partial charge in [-0.05, 0) is 86.5 Å². The van der Waals surface area contributed by atoms with Gasteiger partial charge in [0.15, 0.2) is 0 Å². The van der Waals surface area contributed by atoms with Crippen LogP contribution in [0, 0.1) is 12.7 Å². The number of carbonyl (C=O) groups excluding carboxylic acids is 2. The molecule has 3 aromatic carbocycles. The van der Waals surface area contributed by atoms with Crippen LogP contribution in [-0.4, -0.2) is 31.8 Å². The molecule has 0 spiro atoms. The summed E-state index contributed by atoms with van der Waals surface area (Å²) in [5, 5.41) is 8.42. The van der Waals surface area contributed by atoms with E-state index in [9.17, 15) is 14.0 Å². The van der Waals surface area contributed by atoms with Crippen molar-refractivity contribution in [2.24, 2.45) is 0 Å². The van der Waals surface area contributed by atoms with Gasteiger partial charge in [0.05, 0.1) is 6.61 Å². The van der Waals surface area contributed by atoms with Crippen molar-refractivity contribution >= 4 is 29.1 Å². The van der Waals surface area contributed by atoms with Crippen LogP contribution in [0.5, 0.6) is 5.75 Å². The molecule has 0 radical (unpaired) electrons. The summed E-state index contributed by atoms with van der Waals surface area (Å²) in [5.41, 5.74) is 2.90. The molecule has 3 N–H and O–H groups in total. The number of rotatable bonds is 9. The number of carbonyl (C=O) groups is 2. The van der Waals surface area contributed by atoms with Crippen LogP contribution in [0.3, 0.4) is 0 Å². The molecule has 0 aliphatic heterocycles. The van der Waals surface area contributed by atoms with Crippen molar-refractivity contribution in [1.82, 2.24) is 5.32 Å². The van der Waals surface area contributed by atoms with Crippen LogP contribution in [0.2, 0.25) is 0 Å². The monoisotopic (exact) mass is 464 g/mol. The second-order valence-corrected chi connectivity index (χ2v) is 7.62. The van der Waals surface area contributed by atoms with Gasteiger partial charge in [0.2, 0.25) is 0 Å². The van der Waals surface area contributed by atoms with E-state index in [2.05, 4.69) is 16.0 Å². The maximum atomic E-state index is 13.4. The van der Waals surface area contributed by atoms with Crippen LogP contribution >= 0.6 is 0 Å². The van der Waals surface area contributed by atoms with Crippen LogP contribution in [0.4, 0.5) is 31.0 Å². The number of hydrogen-bond donors (Lipinski definition) is 3. The lowest BCUT2D eigenvalue weighted by molar-refractivity contribution is 0.252. The quantitative estimate of drug-likeness (QED) is 0.351. The molecular formula is C26H29FN4O3. The van der Waals surface area contributed by atoms with Gasteiger partial charge in [-0.15, -0.1) is 0 Å². The van der Waals surface area contributed by atoms with Crippen LogP contribution in [0.15, 0.2) is 72.8 Å². The number of hydrogen-bond acceptors (Lipinski definition) is 3. The van der Waals surface area contributed by atoms with E-state index < -0.39 is 0 Å². The molecule has 0 unspecified atom stereocenters. The molecule has 0 saturated heterocycles. The molecule has 4 amide bonds. The summed E-state index contributed by atoms with van der Waals surface area (Å²) in [6.45, 7) is 5.09. The Bertz CT molecular complexity index is 1090. The van der Waals surface area contributed by atoms with Crippen molar-refractivity contribution in [3.8, 4) is 5.75 Å². The highest BCUT2D eigenvalue weighted by Crippen LogP contribution is 2.18. The number of nitrogens with zero attached hydrogens (tertiary/aromatic N) is 1. The van der Waals surface area contributed by atoms with Gasteiger partial charge in [-0.3, -0.25) is 4.90 Å². The molecule has 0 saturated carbocycles. The van der Waals surface area contributed by atoms with E-state index in [4.69, 9.17) is 4.74 Å². The van der Waals surface area contributed by atoms with Crippen molar-refractivity contribution < 1.29 is 18.7 Å². The number of aryl methyl sites for hydroxylation is 1. The zero-order valence-electron chi connectivity index (χ0n) is 19.3. The zero-order valence-corrected chi connectivity index (χ0v) is 19.3. The molecule has 34 heavy (non-hydrogen) atoms. The smallest absolute Gasteiger partial charge is 0.326 e. The summed E-state index contributed by atoms with van der Waals surface area (Å²) < 4.78 is 18.8. The van der Waals surface area contributed by atoms with Crippen LogP contribution in [0.25, 0.3) is 0 Å². The fraction of sp³-hybridized carbons (Fsp3) is 0.231. The minimum Gasteiger partial charge on any atom is -0.494 e. The lowest BCUT2D eigenvalue weighted by Crippen LogP contribution is -2.38. The van der Waals surface area contributed by atoms with E-state index in [0.717, 1.165) is 11.3 Å². The average molecular weight is 465 g/mol. The highest BCUT2D eigenvalue weighted by Gasteiger charge is 2.16. The van der Waals surface area contributed by atoms with Crippen molar-refractivity contribution in [2.45, 2.75) is 20.3 Å². The molecule has 7 nitrogen and oxygen atoms in total. The Morgan fingerprint density at radius 3 is 2.35 bits per heavy atom. The zero-order chi connectivity index (χ0) is 24.3. The fourth-order valence-corrected chi connectivity index (χ4v) is 3.30. The second-order valence-electron chi connectivity index (χ2n) is 7.62. The molecule has 3 rings (SSSR count). The minimum atomic E-state index is -0.379. The Labute approximate surface area is 198 Å². The summed E-state index contributed by atoms with van der Waals surface area (Å²) in [5.74, 6) is 0.355. The van der Waals surface area contributed by atoms with Gasteiger partial charge in [0.25, 0.3) is 0 Å². The molecule has 8 heteroatoms. The molecule has 0 bridgehead atoms. The first-order chi connectivity index (χ1) is 16.4. The molecular weight excluding hydrogens is 435 g/mol. The summed E-state index contributed by atoms with van der Waals surface area (Å²) in [7, 11) is 0. The predicted octanol–water partition coefficient (Wildman–Crippen LogP) is 5.78. The topological polar surface area (TPSA) is 82.7 Å². The molecule has 0 aliphatic rings. The lowest BCUT2D eigenvalue weighted by Gasteiger charge is -2.23. The highest BCUT2D eigenvalue weighted by atomic mass is 19.1. The molecule has 0 aliphatic carbocycles. The Morgan fingerprint density at radius 2 is 1.68 bits per heavy atom. The molecule has 0 heterocycles. The number of benzene rings is 3. The maximum Gasteiger partial charge on any atom is 0.326 e. The summed E-state index contributed by atoms with van der Waals surface area (Å²) in [4.78, 5) is 26.7. The van der Waals surface area contributed by atoms with E-state index in [-0.39, 0.29) is 17.9 Å². The number of nitrogens with one attached hydrogen (secondary N) is 3. The van der Waals surface area contributed by atoms with E-state index in [1.807, 2.05) is 32.0 Å². The highest BCUT2D eigenvalue weighted by molar-refractivity contribution is 6.01. The first-order valence-corrected chi connectivity index (χ1v) is 11.1. The van der Waals surface area contributed by atoms with Crippen molar-refractivity contribution in [3.63, 3.8) is 0 Å². The Morgan fingerprint density at radius 1 is 0.941 bits per heavy atom. The van der Waals surface area contributed by atoms with Gasteiger partial charge in [0.1, 0.15) is 11.6 Å². The summed E-state index contributed by atoms with van der Waals surface area (Å²) in [6, 6.07) is 19.6. The van der Waals surface area contributed by atoms with Crippen molar-refractivity contribution in [2.75, 3.05) is 35.2 Å². The summed E-state index contributed by atoms with van der Waals surface area (Å²) >= 11 is 0. The second kappa shape index (κ2) is 12.2. The SMILES string of the molecule is CCOc1ccc(NC(=O)NCCCN(C(=O)Nc2cccc(C)c2)c2ccc(F)cc2)cc1. The third-order valence-corrected chi connectivity index (χ3v) is 4.92. The lowest BCUT2D eigenvalue weighted by atomic mass is 10.2. The number of amides is 4. The average Bonchev–Trinajstić information content (AvgIpc) is 2.81. The normalized spacial score (nSPS) is 10.3. The largest absolute Gasteiger partial charge is 0.494 e. The van der Waals surface area contributed by atoms with Gasteiger partial charge < -0.3 is 20.7 Å². The third-order valence-electron chi connectivity index (χ3n) is 4.92. The molecule has 0 atom stereocenters. The van der Waals surface area contributed by atoms with Crippen molar-refractivity contribution in [3.05, 3.63) is 84.2 Å². The predicted molar refractivity (Wildman–Crippen MR) is 133 cm³/mol. The van der Waals surface area contributed by atoms with Crippen LogP contribution in [0.1, 0.15) is 18.9 Å². The van der Waals surface area contributed by atoms with Gasteiger partial charge in [-0.2, -0.15) is 0 Å². The van der Waals surface area contributed by atoms with Crippen LogP contribution in [-0.2, 0) is 0 Å². The first-order valence-electron chi connectivity index (χ1n) is 11.1. The number of urea groups is 2. The summed E-state index contributed by atoms with van der Waals surface area (Å²) in [6.07, 6.45) is 0.495. The molecule has 0 aromatic heterocycles. The fourth-order valence-electron chi connectivity index (χ4n) is 3.30. The van der Waals surface area contributed by atoms with Gasteiger partial charge in [-0.1, -0.05) is 12.1 Å². The van der Waals surface area contributed by atoms with E-state index in [0.29, 0.717) is 43.2 Å². The standard InChI is InChI=1S/C26H29FN4O3/c1-3-34-24-14-10-21(11-15-24)29-25(32)28-16-5-17-31(23-12-8-20(27)9-13-23)26(33)30-22-7-4-6-19(2)18-22/h4,6-15,18H,3,5,16-17H2,1-2H3,(H,30,33)(H2,28,29,32). The minimum absolute atomic E-state index is 0.326. The number of halogens is 1. The maximum absolute atomic E-state index is 13.4. The Balaban J connectivity index is 1.54. The van der Waals surface area contributed by atoms with E-state index in [1.165, 1.54) is 17.0 Å². The molecule has 178 valence electrons. The van der Waals surface area contributed by atoms with E-state index in [1.54, 1.807) is 42.5 Å². The van der Waals surface area contributed by atoms with Crippen molar-refractivity contribution in [1.29, 1.82) is 0 Å². The Kier molecular flexibility index (Phi) is 8.85. The third kappa shape index (κ3) is 7.51. The molecule has 3 aromatic rings. The van der Waals surface area contributed by atoms with Gasteiger partial charge in [0, 0.05) is 30.2 Å². The number of ether oxygens (including phenoxy) is 1. The Hall–Kier alpha value is -4.07. The molecule has 0 fully saturated rings. The van der Waals surface area contributed by atoms with Crippen LogP contribution < -0.4 is 25.6 Å². The van der Waals surface area contributed by atoms with E-state index >= 15 is 0 Å². The van der Waals surface area contributed by atoms with Gasteiger partial charge in [-0.25, -0.2) is 14.0 Å². The first kappa shape index (κ1) is 24.6. The van der Waals surface area contributed by atoms with Gasteiger partial charge >= 0.3 is 12.1 Å².